The van der Waals surface area contributed by atoms with Crippen molar-refractivity contribution in [3.8, 4) is 0 Å². The van der Waals surface area contributed by atoms with Gasteiger partial charge in [-0.25, -0.2) is 8.42 Å². The highest BCUT2D eigenvalue weighted by Crippen LogP contribution is 2.24. The molecule has 0 aromatic heterocycles. The summed E-state index contributed by atoms with van der Waals surface area (Å²) < 4.78 is 26.4. The molecule has 1 amide bonds. The maximum absolute atomic E-state index is 12.5. The maximum atomic E-state index is 12.5. The molecule has 1 fully saturated rings. The number of nitrogens with zero attached hydrogens (tertiary/aromatic N) is 1. The Labute approximate surface area is 119 Å². The van der Waals surface area contributed by atoms with Crippen LogP contribution in [0.5, 0.6) is 0 Å². The number of hydrogen-bond donors (Lipinski definition) is 2. The van der Waals surface area contributed by atoms with Gasteiger partial charge in [0, 0.05) is 26.1 Å². The van der Waals surface area contributed by atoms with Gasteiger partial charge in [0.15, 0.2) is 0 Å². The van der Waals surface area contributed by atoms with E-state index < -0.39 is 10.0 Å². The zero-order chi connectivity index (χ0) is 14.8. The van der Waals surface area contributed by atoms with Gasteiger partial charge in [0.2, 0.25) is 15.9 Å². The first-order valence-corrected chi connectivity index (χ1v) is 7.97. The number of anilines is 1. The van der Waals surface area contributed by atoms with Crippen LogP contribution in [-0.4, -0.2) is 37.8 Å². The SMILES string of the molecule is CC(=O)NC1CCN(S(=O)(=O)c2ccccc2N)CC1. The number of amides is 1. The molecule has 6 nitrogen and oxygen atoms in total. The molecule has 2 rings (SSSR count). The highest BCUT2D eigenvalue weighted by Gasteiger charge is 2.30. The molecular formula is C13H19N3O3S. The third-order valence-corrected chi connectivity index (χ3v) is 5.37. The van der Waals surface area contributed by atoms with Crippen LogP contribution in [0.1, 0.15) is 19.8 Å². The molecule has 1 aromatic carbocycles. The topological polar surface area (TPSA) is 92.5 Å². The summed E-state index contributed by atoms with van der Waals surface area (Å²) in [6.07, 6.45) is 1.23. The molecule has 0 aliphatic carbocycles. The van der Waals surface area contributed by atoms with E-state index >= 15 is 0 Å². The molecular weight excluding hydrogens is 278 g/mol. The summed E-state index contributed by atoms with van der Waals surface area (Å²) in [7, 11) is -3.55. The molecule has 110 valence electrons. The molecule has 20 heavy (non-hydrogen) atoms. The third kappa shape index (κ3) is 3.10. The molecule has 0 unspecified atom stereocenters. The molecule has 1 aliphatic heterocycles. The van der Waals surface area contributed by atoms with Crippen molar-refractivity contribution in [1.29, 1.82) is 0 Å². The largest absolute Gasteiger partial charge is 0.398 e. The number of nitrogen functional groups attached to an aromatic ring is 1. The summed E-state index contributed by atoms with van der Waals surface area (Å²) in [6.45, 7) is 2.25. The second-order valence-corrected chi connectivity index (χ2v) is 6.82. The molecule has 0 atom stereocenters. The second kappa shape index (κ2) is 5.80. The van der Waals surface area contributed by atoms with Crippen molar-refractivity contribution in [1.82, 2.24) is 9.62 Å². The summed E-state index contributed by atoms with van der Waals surface area (Å²) in [6, 6.07) is 6.51. The molecule has 1 aliphatic rings. The van der Waals surface area contributed by atoms with Crippen molar-refractivity contribution in [2.24, 2.45) is 0 Å². The molecule has 1 heterocycles. The molecule has 1 aromatic rings. The molecule has 7 heteroatoms. The van der Waals surface area contributed by atoms with Gasteiger partial charge in [0.05, 0.1) is 5.69 Å². The highest BCUT2D eigenvalue weighted by atomic mass is 32.2. The Bertz CT molecular complexity index is 593. The number of rotatable bonds is 3. The number of hydrogen-bond acceptors (Lipinski definition) is 4. The summed E-state index contributed by atoms with van der Waals surface area (Å²) >= 11 is 0. The minimum Gasteiger partial charge on any atom is -0.398 e. The average molecular weight is 297 g/mol. The minimum absolute atomic E-state index is 0.0482. The Hall–Kier alpha value is -1.60. The van der Waals surface area contributed by atoms with Crippen LogP contribution in [0, 0.1) is 0 Å². The lowest BCUT2D eigenvalue weighted by molar-refractivity contribution is -0.119. The zero-order valence-corrected chi connectivity index (χ0v) is 12.2. The Morgan fingerprint density at radius 2 is 1.90 bits per heavy atom. The number of para-hydroxylation sites is 1. The average Bonchev–Trinajstić information content (AvgIpc) is 2.39. The van der Waals surface area contributed by atoms with Crippen molar-refractivity contribution in [2.75, 3.05) is 18.8 Å². The van der Waals surface area contributed by atoms with Gasteiger partial charge < -0.3 is 11.1 Å². The van der Waals surface area contributed by atoms with E-state index in [-0.39, 0.29) is 22.5 Å². The number of piperidine rings is 1. The number of sulfonamides is 1. The van der Waals surface area contributed by atoms with Crippen LogP contribution in [0.15, 0.2) is 29.2 Å². The monoisotopic (exact) mass is 297 g/mol. The number of nitrogens with two attached hydrogens (primary N) is 1. The van der Waals surface area contributed by atoms with Crippen molar-refractivity contribution in [3.63, 3.8) is 0 Å². The van der Waals surface area contributed by atoms with Gasteiger partial charge in [-0.3, -0.25) is 4.79 Å². The maximum Gasteiger partial charge on any atom is 0.245 e. The van der Waals surface area contributed by atoms with Gasteiger partial charge in [-0.05, 0) is 25.0 Å². The lowest BCUT2D eigenvalue weighted by atomic mass is 10.1. The van der Waals surface area contributed by atoms with Crippen LogP contribution >= 0.6 is 0 Å². The van der Waals surface area contributed by atoms with Gasteiger partial charge in [0.25, 0.3) is 0 Å². The summed E-state index contributed by atoms with van der Waals surface area (Å²) in [5.74, 6) is -0.0846. The van der Waals surface area contributed by atoms with Crippen molar-refractivity contribution in [3.05, 3.63) is 24.3 Å². The fourth-order valence-corrected chi connectivity index (χ4v) is 3.97. The van der Waals surface area contributed by atoms with Crippen LogP contribution in [0.3, 0.4) is 0 Å². The van der Waals surface area contributed by atoms with Gasteiger partial charge in [-0.15, -0.1) is 0 Å². The lowest BCUT2D eigenvalue weighted by Gasteiger charge is -2.31. The first-order valence-electron chi connectivity index (χ1n) is 6.53. The molecule has 0 radical (unpaired) electrons. The van der Waals surface area contributed by atoms with E-state index in [1.54, 1.807) is 18.2 Å². The molecule has 1 saturated heterocycles. The first kappa shape index (κ1) is 14.8. The third-order valence-electron chi connectivity index (χ3n) is 3.40. The van der Waals surface area contributed by atoms with E-state index in [9.17, 15) is 13.2 Å². The lowest BCUT2D eigenvalue weighted by Crippen LogP contribution is -2.46. The number of nitrogens with one attached hydrogen (secondary N) is 1. The van der Waals surface area contributed by atoms with Gasteiger partial charge in [-0.1, -0.05) is 12.1 Å². The smallest absolute Gasteiger partial charge is 0.245 e. The Balaban J connectivity index is 2.10. The second-order valence-electron chi connectivity index (χ2n) is 4.92. The fraction of sp³-hybridized carbons (Fsp3) is 0.462. The van der Waals surface area contributed by atoms with Crippen molar-refractivity contribution >= 4 is 21.6 Å². The van der Waals surface area contributed by atoms with Gasteiger partial charge in [0.1, 0.15) is 4.90 Å². The van der Waals surface area contributed by atoms with Gasteiger partial charge >= 0.3 is 0 Å². The number of carbonyl (C=O) groups excluding carboxylic acids is 1. The van der Waals surface area contributed by atoms with Crippen LogP contribution in [-0.2, 0) is 14.8 Å². The standard InChI is InChI=1S/C13H19N3O3S/c1-10(17)15-11-6-8-16(9-7-11)20(18,19)13-5-3-2-4-12(13)14/h2-5,11H,6-9,14H2,1H3,(H,15,17). The van der Waals surface area contributed by atoms with E-state index in [0.717, 1.165) is 0 Å². The molecule has 0 bridgehead atoms. The van der Waals surface area contributed by atoms with Crippen LogP contribution in [0.4, 0.5) is 5.69 Å². The Morgan fingerprint density at radius 1 is 1.30 bits per heavy atom. The van der Waals surface area contributed by atoms with E-state index in [2.05, 4.69) is 5.32 Å². The minimum atomic E-state index is -3.55. The van der Waals surface area contributed by atoms with E-state index in [4.69, 9.17) is 5.73 Å². The number of carbonyl (C=O) groups is 1. The molecule has 0 saturated carbocycles. The normalized spacial score (nSPS) is 17.9. The van der Waals surface area contributed by atoms with Crippen LogP contribution in [0.2, 0.25) is 0 Å². The number of benzene rings is 1. The van der Waals surface area contributed by atoms with E-state index in [1.807, 2.05) is 0 Å². The quantitative estimate of drug-likeness (QED) is 0.797. The molecule has 0 spiro atoms. The Morgan fingerprint density at radius 3 is 2.45 bits per heavy atom. The van der Waals surface area contributed by atoms with E-state index in [1.165, 1.54) is 17.3 Å². The Kier molecular flexibility index (Phi) is 4.29. The molecule has 3 N–H and O–H groups in total. The highest BCUT2D eigenvalue weighted by molar-refractivity contribution is 7.89. The first-order chi connectivity index (χ1) is 9.41. The fourth-order valence-electron chi connectivity index (χ4n) is 2.38. The van der Waals surface area contributed by atoms with Crippen molar-refractivity contribution in [2.45, 2.75) is 30.7 Å². The van der Waals surface area contributed by atoms with Crippen LogP contribution in [0.25, 0.3) is 0 Å². The zero-order valence-electron chi connectivity index (χ0n) is 11.4. The van der Waals surface area contributed by atoms with E-state index in [0.29, 0.717) is 25.9 Å². The summed E-state index contributed by atoms with van der Waals surface area (Å²) in [5.41, 5.74) is 6.00. The summed E-state index contributed by atoms with van der Waals surface area (Å²) in [4.78, 5) is 11.1. The summed E-state index contributed by atoms with van der Waals surface area (Å²) in [5, 5.41) is 2.82. The van der Waals surface area contributed by atoms with Crippen molar-refractivity contribution < 1.29 is 13.2 Å². The predicted molar refractivity (Wildman–Crippen MR) is 76.5 cm³/mol. The van der Waals surface area contributed by atoms with Gasteiger partial charge in [-0.2, -0.15) is 4.31 Å². The predicted octanol–water partition coefficient (Wildman–Crippen LogP) is 0.558. The van der Waals surface area contributed by atoms with Crippen LogP contribution < -0.4 is 11.1 Å².